The van der Waals surface area contributed by atoms with Crippen molar-refractivity contribution in [1.82, 2.24) is 10.6 Å². The zero-order valence-electron chi connectivity index (χ0n) is 23.4. The molecular formula is C35H36N4O. The van der Waals surface area contributed by atoms with Gasteiger partial charge in [-0.25, -0.2) is 0 Å². The number of amidine groups is 2. The molecule has 0 fully saturated rings. The molecule has 4 aromatic carbocycles. The zero-order chi connectivity index (χ0) is 27.6. The monoisotopic (exact) mass is 528 g/mol. The molecule has 5 heteroatoms. The minimum absolute atomic E-state index is 0.200. The fourth-order valence-electron chi connectivity index (χ4n) is 6.23. The van der Waals surface area contributed by atoms with E-state index in [1.54, 1.807) is 6.07 Å². The predicted molar refractivity (Wildman–Crippen MR) is 164 cm³/mol. The molecule has 0 unspecified atom stereocenters. The van der Waals surface area contributed by atoms with Gasteiger partial charge in [0, 0.05) is 18.4 Å². The molecule has 0 saturated carbocycles. The van der Waals surface area contributed by atoms with Crippen molar-refractivity contribution in [2.75, 3.05) is 13.1 Å². The van der Waals surface area contributed by atoms with Gasteiger partial charge in [-0.3, -0.25) is 9.98 Å². The molecule has 2 aliphatic heterocycles. The molecule has 5 nitrogen and oxygen atoms in total. The fraction of sp³-hybridized carbons (Fsp3) is 0.257. The summed E-state index contributed by atoms with van der Waals surface area (Å²) in [5.74, 6) is 2.33. The molecule has 2 atom stereocenters. The first kappa shape index (κ1) is 25.9. The van der Waals surface area contributed by atoms with Crippen LogP contribution in [0.2, 0.25) is 0 Å². The zero-order valence-corrected chi connectivity index (χ0v) is 23.4. The van der Waals surface area contributed by atoms with E-state index in [9.17, 15) is 5.11 Å². The molecule has 0 radical (unpaired) electrons. The number of para-hydroxylation sites is 1. The van der Waals surface area contributed by atoms with E-state index in [2.05, 4.69) is 79.9 Å². The Bertz CT molecular complexity index is 1500. The topological polar surface area (TPSA) is 69.0 Å². The van der Waals surface area contributed by atoms with Crippen molar-refractivity contribution >= 4 is 11.7 Å². The van der Waals surface area contributed by atoms with Crippen LogP contribution in [0.3, 0.4) is 0 Å². The third-order valence-electron chi connectivity index (χ3n) is 8.44. The maximum atomic E-state index is 10.9. The van der Waals surface area contributed by atoms with Gasteiger partial charge in [-0.15, -0.1) is 0 Å². The van der Waals surface area contributed by atoms with Crippen molar-refractivity contribution < 1.29 is 5.11 Å². The highest BCUT2D eigenvalue weighted by Crippen LogP contribution is 2.39. The number of rotatable bonds is 7. The molecule has 0 saturated heterocycles. The van der Waals surface area contributed by atoms with E-state index in [1.807, 2.05) is 30.3 Å². The number of hydrogen-bond donors (Lipinski definition) is 3. The SMILES string of the molecule is Cc1c(CC2=NC[C@H](c3ccccc3)N2)c(C)c(-c2ccccc2O)c(C)c1CC1=NC[C@H](c2ccccc2)N1. The van der Waals surface area contributed by atoms with E-state index in [0.717, 1.165) is 48.7 Å². The highest BCUT2D eigenvalue weighted by atomic mass is 16.3. The number of phenolic OH excluding ortho intramolecular Hbond substituents is 1. The largest absolute Gasteiger partial charge is 0.507 e. The molecule has 2 aliphatic rings. The molecule has 0 spiro atoms. The molecule has 6 rings (SSSR count). The predicted octanol–water partition coefficient (Wildman–Crippen LogP) is 6.56. The fourth-order valence-corrected chi connectivity index (χ4v) is 6.23. The molecule has 0 bridgehead atoms. The van der Waals surface area contributed by atoms with E-state index >= 15 is 0 Å². The normalized spacial score (nSPS) is 18.2. The van der Waals surface area contributed by atoms with Gasteiger partial charge in [-0.1, -0.05) is 78.9 Å². The van der Waals surface area contributed by atoms with Gasteiger partial charge in [-0.2, -0.15) is 0 Å². The summed E-state index contributed by atoms with van der Waals surface area (Å²) in [4.78, 5) is 9.82. The van der Waals surface area contributed by atoms with Gasteiger partial charge in [0.05, 0.1) is 25.2 Å². The standard InChI is InChI=1S/C35H36N4O/c1-22-28(18-33-36-20-30(38-33)25-12-6-4-7-13-25)23(2)35(27-16-10-11-17-32(27)40)24(3)29(22)19-34-37-21-31(39-34)26-14-8-5-9-15-26/h4-17,30-31,40H,18-21H2,1-3H3,(H,36,38)(H,37,39)/t30-,31-/m1/s1. The number of benzene rings is 4. The quantitative estimate of drug-likeness (QED) is 0.255. The van der Waals surface area contributed by atoms with Gasteiger partial charge in [-0.05, 0) is 71.3 Å². The highest BCUT2D eigenvalue weighted by molar-refractivity contribution is 5.91. The Kier molecular flexibility index (Phi) is 7.12. The van der Waals surface area contributed by atoms with E-state index in [0.29, 0.717) is 5.75 Å². The van der Waals surface area contributed by atoms with Gasteiger partial charge in [0.15, 0.2) is 0 Å². The lowest BCUT2D eigenvalue weighted by Crippen LogP contribution is -2.27. The Hall–Kier alpha value is -4.38. The van der Waals surface area contributed by atoms with Gasteiger partial charge < -0.3 is 15.7 Å². The van der Waals surface area contributed by atoms with E-state index < -0.39 is 0 Å². The molecule has 40 heavy (non-hydrogen) atoms. The summed E-state index contributed by atoms with van der Waals surface area (Å²) in [5, 5.41) is 18.2. The summed E-state index contributed by atoms with van der Waals surface area (Å²) in [6.45, 7) is 8.07. The Balaban J connectivity index is 1.34. The summed E-state index contributed by atoms with van der Waals surface area (Å²) in [5.41, 5.74) is 10.7. The lowest BCUT2D eigenvalue weighted by molar-refractivity contribution is 0.477. The van der Waals surface area contributed by atoms with Crippen molar-refractivity contribution in [2.45, 2.75) is 45.7 Å². The number of aliphatic imine (C=N–C) groups is 2. The number of nitrogens with zero attached hydrogens (tertiary/aromatic N) is 2. The molecule has 3 N–H and O–H groups in total. The Morgan fingerprint density at radius 2 is 1.07 bits per heavy atom. The number of nitrogens with one attached hydrogen (secondary N) is 2. The van der Waals surface area contributed by atoms with Crippen LogP contribution in [-0.4, -0.2) is 29.9 Å². The minimum atomic E-state index is 0.200. The van der Waals surface area contributed by atoms with E-state index in [4.69, 9.17) is 9.98 Å². The summed E-state index contributed by atoms with van der Waals surface area (Å²) >= 11 is 0. The van der Waals surface area contributed by atoms with Crippen LogP contribution in [0.5, 0.6) is 5.75 Å². The van der Waals surface area contributed by atoms with Crippen LogP contribution in [0.15, 0.2) is 94.9 Å². The van der Waals surface area contributed by atoms with Gasteiger partial charge in [0.25, 0.3) is 0 Å². The van der Waals surface area contributed by atoms with E-state index in [1.165, 1.54) is 38.9 Å². The highest BCUT2D eigenvalue weighted by Gasteiger charge is 2.26. The molecule has 4 aromatic rings. The van der Waals surface area contributed by atoms with Gasteiger partial charge in [0.1, 0.15) is 17.4 Å². The summed E-state index contributed by atoms with van der Waals surface area (Å²) in [6.07, 6.45) is 1.45. The average molecular weight is 529 g/mol. The molecule has 0 amide bonds. The maximum Gasteiger partial charge on any atom is 0.123 e. The van der Waals surface area contributed by atoms with Crippen molar-refractivity contribution in [2.24, 2.45) is 9.98 Å². The van der Waals surface area contributed by atoms with E-state index in [-0.39, 0.29) is 12.1 Å². The Labute approximate surface area is 236 Å². The van der Waals surface area contributed by atoms with Crippen molar-refractivity contribution in [1.29, 1.82) is 0 Å². The second-order valence-corrected chi connectivity index (χ2v) is 10.9. The second-order valence-electron chi connectivity index (χ2n) is 10.9. The first-order chi connectivity index (χ1) is 19.5. The van der Waals surface area contributed by atoms with Crippen molar-refractivity contribution in [3.63, 3.8) is 0 Å². The van der Waals surface area contributed by atoms with Gasteiger partial charge in [0.2, 0.25) is 0 Å². The molecular weight excluding hydrogens is 492 g/mol. The van der Waals surface area contributed by atoms with Crippen LogP contribution in [0, 0.1) is 20.8 Å². The average Bonchev–Trinajstić information content (AvgIpc) is 3.66. The third-order valence-corrected chi connectivity index (χ3v) is 8.44. The van der Waals surface area contributed by atoms with Crippen LogP contribution in [0.1, 0.15) is 51.0 Å². The third kappa shape index (κ3) is 5.00. The maximum absolute atomic E-state index is 10.9. The summed E-state index contributed by atoms with van der Waals surface area (Å²) in [7, 11) is 0. The van der Waals surface area contributed by atoms with Gasteiger partial charge >= 0.3 is 0 Å². The molecule has 0 aromatic heterocycles. The second kappa shape index (κ2) is 11.0. The number of hydrogen-bond acceptors (Lipinski definition) is 5. The summed E-state index contributed by atoms with van der Waals surface area (Å²) < 4.78 is 0. The smallest absolute Gasteiger partial charge is 0.123 e. The van der Waals surface area contributed by atoms with Crippen LogP contribution in [-0.2, 0) is 12.8 Å². The molecule has 202 valence electrons. The molecule has 2 heterocycles. The first-order valence-electron chi connectivity index (χ1n) is 14.1. The summed E-state index contributed by atoms with van der Waals surface area (Å²) in [6, 6.07) is 29.1. The van der Waals surface area contributed by atoms with Crippen LogP contribution in [0.25, 0.3) is 11.1 Å². The van der Waals surface area contributed by atoms with Crippen molar-refractivity contribution in [3.8, 4) is 16.9 Å². The van der Waals surface area contributed by atoms with Crippen LogP contribution < -0.4 is 10.6 Å². The number of phenols is 1. The first-order valence-corrected chi connectivity index (χ1v) is 14.1. The lowest BCUT2D eigenvalue weighted by atomic mass is 9.82. The van der Waals surface area contributed by atoms with Crippen LogP contribution >= 0.6 is 0 Å². The Morgan fingerprint density at radius 1 is 0.625 bits per heavy atom. The van der Waals surface area contributed by atoms with Crippen LogP contribution in [0.4, 0.5) is 0 Å². The minimum Gasteiger partial charge on any atom is -0.507 e. The van der Waals surface area contributed by atoms with Crippen molar-refractivity contribution in [3.05, 3.63) is 124 Å². The number of aromatic hydroxyl groups is 1. The lowest BCUT2D eigenvalue weighted by Gasteiger charge is -2.24. The molecule has 0 aliphatic carbocycles. The Morgan fingerprint density at radius 3 is 1.55 bits per heavy atom.